The Balaban J connectivity index is 2.08. The molecule has 20 heavy (non-hydrogen) atoms. The third-order valence-corrected chi connectivity index (χ3v) is 4.05. The smallest absolute Gasteiger partial charge is 0.119 e. The number of nitrogens with zero attached hydrogens (tertiary/aromatic N) is 2. The summed E-state index contributed by atoms with van der Waals surface area (Å²) in [4.78, 5) is 5.54. The zero-order valence-corrected chi connectivity index (χ0v) is 11.9. The van der Waals surface area contributed by atoms with Crippen LogP contribution in [-0.4, -0.2) is 4.98 Å². The minimum Gasteiger partial charge on any atom is -0.240 e. The second-order valence-electron chi connectivity index (χ2n) is 4.21. The van der Waals surface area contributed by atoms with Gasteiger partial charge in [-0.15, -0.1) is 0 Å². The van der Waals surface area contributed by atoms with Gasteiger partial charge >= 0.3 is 0 Å². The van der Waals surface area contributed by atoms with E-state index in [1.54, 1.807) is 0 Å². The van der Waals surface area contributed by atoms with E-state index >= 15 is 0 Å². The summed E-state index contributed by atoms with van der Waals surface area (Å²) in [5, 5.41) is 11.6. The predicted molar refractivity (Wildman–Crippen MR) is 82.0 cm³/mol. The van der Waals surface area contributed by atoms with Crippen LogP contribution in [0.5, 0.6) is 0 Å². The van der Waals surface area contributed by atoms with Crippen LogP contribution in [0.2, 0.25) is 5.02 Å². The summed E-state index contributed by atoms with van der Waals surface area (Å²) in [6.07, 6.45) is 0. The molecule has 3 aromatic rings. The van der Waals surface area contributed by atoms with Crippen molar-refractivity contribution in [2.45, 2.75) is 9.92 Å². The molecule has 2 nitrogen and oxygen atoms in total. The molecule has 0 saturated heterocycles. The lowest BCUT2D eigenvalue weighted by molar-refractivity contribution is 1.16. The molecular weight excluding hydrogens is 288 g/mol. The van der Waals surface area contributed by atoms with Crippen molar-refractivity contribution in [2.24, 2.45) is 0 Å². The van der Waals surface area contributed by atoms with E-state index < -0.39 is 0 Å². The van der Waals surface area contributed by atoms with Crippen molar-refractivity contribution in [1.82, 2.24) is 4.98 Å². The van der Waals surface area contributed by atoms with Crippen LogP contribution in [0, 0.1) is 11.3 Å². The van der Waals surface area contributed by atoms with Gasteiger partial charge in [-0.1, -0.05) is 47.6 Å². The van der Waals surface area contributed by atoms with Crippen LogP contribution in [0.25, 0.3) is 10.9 Å². The van der Waals surface area contributed by atoms with Gasteiger partial charge in [-0.2, -0.15) is 5.26 Å². The molecule has 2 aromatic carbocycles. The first-order valence-corrected chi connectivity index (χ1v) is 7.19. The maximum atomic E-state index is 9.28. The van der Waals surface area contributed by atoms with Crippen molar-refractivity contribution in [2.75, 3.05) is 0 Å². The van der Waals surface area contributed by atoms with Crippen molar-refractivity contribution in [3.8, 4) is 6.07 Å². The first-order valence-electron chi connectivity index (χ1n) is 5.99. The Bertz CT molecular complexity index is 824. The van der Waals surface area contributed by atoms with Crippen LogP contribution in [0.1, 0.15) is 5.56 Å². The van der Waals surface area contributed by atoms with Crippen LogP contribution in [0.4, 0.5) is 0 Å². The van der Waals surface area contributed by atoms with Crippen LogP contribution in [0.3, 0.4) is 0 Å². The fourth-order valence-electron chi connectivity index (χ4n) is 1.90. The number of nitriles is 1. The maximum absolute atomic E-state index is 9.28. The normalized spacial score (nSPS) is 10.4. The fourth-order valence-corrected chi connectivity index (χ4v) is 3.07. The van der Waals surface area contributed by atoms with Gasteiger partial charge in [-0.25, -0.2) is 4.98 Å². The molecule has 1 aromatic heterocycles. The molecule has 0 N–H and O–H groups in total. The Morgan fingerprint density at radius 3 is 2.70 bits per heavy atom. The summed E-state index contributed by atoms with van der Waals surface area (Å²) >= 11 is 7.43. The summed E-state index contributed by atoms with van der Waals surface area (Å²) in [6, 6.07) is 19.4. The highest BCUT2D eigenvalue weighted by Crippen LogP contribution is 2.31. The van der Waals surface area contributed by atoms with Crippen molar-refractivity contribution >= 4 is 34.3 Å². The number of rotatable bonds is 2. The second kappa shape index (κ2) is 5.54. The third kappa shape index (κ3) is 2.62. The summed E-state index contributed by atoms with van der Waals surface area (Å²) < 4.78 is 0. The van der Waals surface area contributed by atoms with Crippen LogP contribution in [-0.2, 0) is 0 Å². The summed E-state index contributed by atoms with van der Waals surface area (Å²) in [6.45, 7) is 0. The van der Waals surface area contributed by atoms with E-state index in [2.05, 4.69) is 11.1 Å². The van der Waals surface area contributed by atoms with Gasteiger partial charge in [0.15, 0.2) is 0 Å². The molecule has 0 fully saturated rings. The predicted octanol–water partition coefficient (Wildman–Crippen LogP) is 4.91. The lowest BCUT2D eigenvalue weighted by Crippen LogP contribution is -1.88. The van der Waals surface area contributed by atoms with Gasteiger partial charge in [0, 0.05) is 15.3 Å². The molecule has 96 valence electrons. The van der Waals surface area contributed by atoms with Gasteiger partial charge in [0.1, 0.15) is 11.1 Å². The molecule has 0 amide bonds. The van der Waals surface area contributed by atoms with Crippen molar-refractivity contribution in [3.05, 3.63) is 65.2 Å². The van der Waals surface area contributed by atoms with Crippen molar-refractivity contribution < 1.29 is 0 Å². The maximum Gasteiger partial charge on any atom is 0.119 e. The number of halogens is 1. The Kier molecular flexibility index (Phi) is 3.60. The minimum absolute atomic E-state index is 0.577. The molecule has 0 radical (unpaired) electrons. The highest BCUT2D eigenvalue weighted by molar-refractivity contribution is 7.99. The van der Waals surface area contributed by atoms with Gasteiger partial charge in [-0.05, 0) is 30.3 Å². The topological polar surface area (TPSA) is 36.7 Å². The number of hydrogen-bond donors (Lipinski definition) is 0. The first kappa shape index (κ1) is 13.0. The molecule has 0 spiro atoms. The molecule has 0 saturated carbocycles. The monoisotopic (exact) mass is 296 g/mol. The van der Waals surface area contributed by atoms with E-state index in [9.17, 15) is 5.26 Å². The lowest BCUT2D eigenvalue weighted by Gasteiger charge is -2.05. The molecule has 0 aliphatic rings. The number of para-hydroxylation sites is 1. The Morgan fingerprint density at radius 1 is 1.05 bits per heavy atom. The second-order valence-corrected chi connectivity index (χ2v) is 5.70. The molecule has 0 bridgehead atoms. The number of pyridine rings is 1. The molecule has 1 heterocycles. The van der Waals surface area contributed by atoms with Gasteiger partial charge < -0.3 is 0 Å². The molecule has 0 aliphatic carbocycles. The number of benzene rings is 2. The Labute approximate surface area is 126 Å². The van der Waals surface area contributed by atoms with Gasteiger partial charge in [0.2, 0.25) is 0 Å². The van der Waals surface area contributed by atoms with E-state index in [0.29, 0.717) is 15.6 Å². The summed E-state index contributed by atoms with van der Waals surface area (Å²) in [5.41, 5.74) is 1.46. The Morgan fingerprint density at radius 2 is 1.90 bits per heavy atom. The van der Waals surface area contributed by atoms with E-state index in [4.69, 9.17) is 11.6 Å². The van der Waals surface area contributed by atoms with Gasteiger partial charge in [-0.3, -0.25) is 0 Å². The zero-order chi connectivity index (χ0) is 13.9. The summed E-state index contributed by atoms with van der Waals surface area (Å²) in [5.74, 6) is 0. The van der Waals surface area contributed by atoms with Crippen LogP contribution >= 0.6 is 23.4 Å². The van der Waals surface area contributed by atoms with Gasteiger partial charge in [0.05, 0.1) is 11.1 Å². The minimum atomic E-state index is 0.577. The van der Waals surface area contributed by atoms with Crippen LogP contribution < -0.4 is 0 Å². The van der Waals surface area contributed by atoms with Gasteiger partial charge in [0.25, 0.3) is 0 Å². The average Bonchev–Trinajstić information content (AvgIpc) is 2.46. The molecule has 3 rings (SSSR count). The van der Waals surface area contributed by atoms with E-state index in [1.165, 1.54) is 11.8 Å². The largest absolute Gasteiger partial charge is 0.240 e. The third-order valence-electron chi connectivity index (χ3n) is 2.82. The molecule has 0 unspecified atom stereocenters. The molecule has 4 heteroatoms. The highest BCUT2D eigenvalue weighted by Gasteiger charge is 2.08. The molecular formula is C16H9ClN2S. The van der Waals surface area contributed by atoms with E-state index in [-0.39, 0.29) is 0 Å². The molecule has 0 atom stereocenters. The fraction of sp³-hybridized carbons (Fsp3) is 0. The highest BCUT2D eigenvalue weighted by atomic mass is 35.5. The van der Waals surface area contributed by atoms with E-state index in [0.717, 1.165) is 15.8 Å². The van der Waals surface area contributed by atoms with E-state index in [1.807, 2.05) is 54.6 Å². The number of hydrogen-bond acceptors (Lipinski definition) is 3. The van der Waals surface area contributed by atoms with Crippen molar-refractivity contribution in [3.63, 3.8) is 0 Å². The summed E-state index contributed by atoms with van der Waals surface area (Å²) in [7, 11) is 0. The zero-order valence-electron chi connectivity index (χ0n) is 10.4. The van der Waals surface area contributed by atoms with Crippen LogP contribution in [0.15, 0.2) is 64.5 Å². The quantitative estimate of drug-likeness (QED) is 0.674. The number of aromatic nitrogens is 1. The Hall–Kier alpha value is -2.02. The van der Waals surface area contributed by atoms with Crippen molar-refractivity contribution in [1.29, 1.82) is 5.26 Å². The average molecular weight is 297 g/mol. The first-order chi connectivity index (χ1) is 9.76. The number of fused-ring (bicyclic) bond motifs is 1. The lowest BCUT2D eigenvalue weighted by atomic mass is 10.2. The SMILES string of the molecule is N#Cc1cc2ccccc2nc1Sc1cccc(Cl)c1. The standard InChI is InChI=1S/C16H9ClN2S/c17-13-5-3-6-14(9-13)20-16-12(10-18)8-11-4-1-2-7-15(11)19-16/h1-9H. The molecule has 0 aliphatic heterocycles.